The Hall–Kier alpha value is -2.08. The fraction of sp³-hybridized carbons (Fsp3) is 0.429. The molecule has 0 radical (unpaired) electrons. The predicted octanol–water partition coefficient (Wildman–Crippen LogP) is 1.24. The van der Waals surface area contributed by atoms with Crippen molar-refractivity contribution >= 4 is 12.0 Å². The molecule has 110 valence electrons. The number of nitrogens with zero attached hydrogens (tertiary/aromatic N) is 1. The number of amides is 2. The lowest BCUT2D eigenvalue weighted by atomic mass is 10.1. The summed E-state index contributed by atoms with van der Waals surface area (Å²) < 4.78 is 4.76. The van der Waals surface area contributed by atoms with Crippen LogP contribution < -0.4 is 5.32 Å². The van der Waals surface area contributed by atoms with E-state index in [1.165, 1.54) is 12.0 Å². The van der Waals surface area contributed by atoms with Crippen molar-refractivity contribution in [2.24, 2.45) is 0 Å². The van der Waals surface area contributed by atoms with Gasteiger partial charge < -0.3 is 20.1 Å². The standard InChI is InChI=1S/C14H20N2O4/c1-10-4-6-11(7-5-10)8-16(2)14(19)15-12(9-20-3)13(17)18/h4-7,12H,8-9H2,1-3H3,(H,15,19)(H,17,18). The number of rotatable bonds is 6. The molecular weight excluding hydrogens is 260 g/mol. The molecule has 2 amide bonds. The van der Waals surface area contributed by atoms with Crippen LogP contribution >= 0.6 is 0 Å². The van der Waals surface area contributed by atoms with Gasteiger partial charge in [-0.2, -0.15) is 0 Å². The lowest BCUT2D eigenvalue weighted by molar-refractivity contribution is -0.140. The zero-order valence-corrected chi connectivity index (χ0v) is 11.9. The van der Waals surface area contributed by atoms with E-state index in [1.807, 2.05) is 31.2 Å². The zero-order chi connectivity index (χ0) is 15.1. The van der Waals surface area contributed by atoms with E-state index < -0.39 is 18.0 Å². The van der Waals surface area contributed by atoms with Crippen LogP contribution in [0, 0.1) is 6.92 Å². The van der Waals surface area contributed by atoms with E-state index in [-0.39, 0.29) is 6.61 Å². The number of aliphatic carboxylic acids is 1. The number of benzene rings is 1. The van der Waals surface area contributed by atoms with Gasteiger partial charge >= 0.3 is 12.0 Å². The summed E-state index contributed by atoms with van der Waals surface area (Å²) >= 11 is 0. The molecule has 0 aliphatic rings. The van der Waals surface area contributed by atoms with Crippen molar-refractivity contribution in [2.75, 3.05) is 20.8 Å². The summed E-state index contributed by atoms with van der Waals surface area (Å²) in [6.45, 7) is 2.33. The molecule has 1 aromatic carbocycles. The topological polar surface area (TPSA) is 78.9 Å². The molecule has 0 heterocycles. The first-order chi connectivity index (χ1) is 9.43. The van der Waals surface area contributed by atoms with Crippen LogP contribution in [0.25, 0.3) is 0 Å². The zero-order valence-electron chi connectivity index (χ0n) is 11.9. The molecule has 0 aromatic heterocycles. The van der Waals surface area contributed by atoms with Crippen LogP contribution in [-0.2, 0) is 16.1 Å². The lowest BCUT2D eigenvalue weighted by Crippen LogP contribution is -2.48. The van der Waals surface area contributed by atoms with E-state index >= 15 is 0 Å². The minimum Gasteiger partial charge on any atom is -0.480 e. The van der Waals surface area contributed by atoms with Crippen molar-refractivity contribution in [3.63, 3.8) is 0 Å². The highest BCUT2D eigenvalue weighted by atomic mass is 16.5. The number of carboxylic acids is 1. The van der Waals surface area contributed by atoms with Crippen LogP contribution in [0.4, 0.5) is 4.79 Å². The van der Waals surface area contributed by atoms with E-state index in [2.05, 4.69) is 5.32 Å². The number of urea groups is 1. The third kappa shape index (κ3) is 4.89. The van der Waals surface area contributed by atoms with Gasteiger partial charge in [-0.1, -0.05) is 29.8 Å². The highest BCUT2D eigenvalue weighted by Crippen LogP contribution is 2.06. The Morgan fingerprint density at radius 3 is 2.45 bits per heavy atom. The van der Waals surface area contributed by atoms with Crippen LogP contribution in [0.5, 0.6) is 0 Å². The first-order valence-corrected chi connectivity index (χ1v) is 6.23. The summed E-state index contributed by atoms with van der Waals surface area (Å²) in [6, 6.07) is 6.30. The molecule has 0 saturated heterocycles. The SMILES string of the molecule is COCC(NC(=O)N(C)Cc1ccc(C)cc1)C(=O)O. The monoisotopic (exact) mass is 280 g/mol. The van der Waals surface area contributed by atoms with Crippen LogP contribution in [-0.4, -0.2) is 48.8 Å². The maximum absolute atomic E-state index is 11.9. The fourth-order valence-corrected chi connectivity index (χ4v) is 1.64. The van der Waals surface area contributed by atoms with E-state index in [4.69, 9.17) is 9.84 Å². The number of hydrogen-bond acceptors (Lipinski definition) is 3. The number of carbonyl (C=O) groups excluding carboxylic acids is 1. The molecule has 2 N–H and O–H groups in total. The summed E-state index contributed by atoms with van der Waals surface area (Å²) in [5.41, 5.74) is 2.12. The van der Waals surface area contributed by atoms with Crippen molar-refractivity contribution in [2.45, 2.75) is 19.5 Å². The third-order valence-electron chi connectivity index (χ3n) is 2.82. The van der Waals surface area contributed by atoms with Crippen molar-refractivity contribution in [3.8, 4) is 0 Å². The molecule has 6 heteroatoms. The van der Waals surface area contributed by atoms with Gasteiger partial charge in [0, 0.05) is 20.7 Å². The number of hydrogen-bond donors (Lipinski definition) is 2. The molecule has 0 spiro atoms. The predicted molar refractivity (Wildman–Crippen MR) is 74.5 cm³/mol. The number of aryl methyl sites for hydroxylation is 1. The Balaban J connectivity index is 2.57. The van der Waals surface area contributed by atoms with Crippen LogP contribution in [0.3, 0.4) is 0 Å². The van der Waals surface area contributed by atoms with E-state index in [9.17, 15) is 9.59 Å². The van der Waals surface area contributed by atoms with Crippen molar-refractivity contribution in [3.05, 3.63) is 35.4 Å². The molecule has 0 aliphatic heterocycles. The second-order valence-electron chi connectivity index (χ2n) is 4.64. The van der Waals surface area contributed by atoms with Gasteiger partial charge in [0.05, 0.1) is 6.61 Å². The summed E-state index contributed by atoms with van der Waals surface area (Å²) in [5, 5.41) is 11.4. The maximum atomic E-state index is 11.9. The second-order valence-corrected chi connectivity index (χ2v) is 4.64. The van der Waals surface area contributed by atoms with Crippen LogP contribution in [0.1, 0.15) is 11.1 Å². The Bertz CT molecular complexity index is 459. The minimum absolute atomic E-state index is 0.0700. The van der Waals surface area contributed by atoms with Gasteiger partial charge in [-0.05, 0) is 12.5 Å². The second kappa shape index (κ2) is 7.49. The molecule has 0 bridgehead atoms. The lowest BCUT2D eigenvalue weighted by Gasteiger charge is -2.21. The number of nitrogens with one attached hydrogen (secondary N) is 1. The quantitative estimate of drug-likeness (QED) is 0.821. The maximum Gasteiger partial charge on any atom is 0.328 e. The summed E-state index contributed by atoms with van der Waals surface area (Å²) in [6.07, 6.45) is 0. The molecule has 0 saturated carbocycles. The number of ether oxygens (including phenoxy) is 1. The normalized spacial score (nSPS) is 11.8. The van der Waals surface area contributed by atoms with Gasteiger partial charge in [-0.3, -0.25) is 0 Å². The van der Waals surface area contributed by atoms with Crippen molar-refractivity contribution in [1.29, 1.82) is 0 Å². The average Bonchev–Trinajstić information content (AvgIpc) is 2.40. The summed E-state index contributed by atoms with van der Waals surface area (Å²) in [7, 11) is 3.00. The van der Waals surface area contributed by atoms with Gasteiger partial charge in [0.15, 0.2) is 6.04 Å². The van der Waals surface area contributed by atoms with Gasteiger partial charge in [0.2, 0.25) is 0 Å². The highest BCUT2D eigenvalue weighted by molar-refractivity contribution is 5.82. The Labute approximate surface area is 118 Å². The van der Waals surface area contributed by atoms with Crippen LogP contribution in [0.2, 0.25) is 0 Å². The van der Waals surface area contributed by atoms with Gasteiger partial charge in [0.1, 0.15) is 0 Å². The van der Waals surface area contributed by atoms with Crippen molar-refractivity contribution in [1.82, 2.24) is 10.2 Å². The molecule has 6 nitrogen and oxygen atoms in total. The Kier molecular flexibility index (Phi) is 5.99. The fourth-order valence-electron chi connectivity index (χ4n) is 1.64. The van der Waals surface area contributed by atoms with Gasteiger partial charge in [-0.15, -0.1) is 0 Å². The van der Waals surface area contributed by atoms with Gasteiger partial charge in [0.25, 0.3) is 0 Å². The largest absolute Gasteiger partial charge is 0.480 e. The molecular formula is C14H20N2O4. The third-order valence-corrected chi connectivity index (χ3v) is 2.82. The molecule has 0 aliphatic carbocycles. The molecule has 0 fully saturated rings. The summed E-state index contributed by atoms with van der Waals surface area (Å²) in [4.78, 5) is 24.3. The molecule has 1 unspecified atom stereocenters. The van der Waals surface area contributed by atoms with E-state index in [1.54, 1.807) is 7.05 Å². The minimum atomic E-state index is -1.12. The highest BCUT2D eigenvalue weighted by Gasteiger charge is 2.21. The molecule has 1 aromatic rings. The first-order valence-electron chi connectivity index (χ1n) is 6.23. The summed E-state index contributed by atoms with van der Waals surface area (Å²) in [5.74, 6) is -1.12. The molecule has 20 heavy (non-hydrogen) atoms. The average molecular weight is 280 g/mol. The Morgan fingerprint density at radius 2 is 1.95 bits per heavy atom. The van der Waals surface area contributed by atoms with E-state index in [0.29, 0.717) is 6.54 Å². The Morgan fingerprint density at radius 1 is 1.35 bits per heavy atom. The number of carbonyl (C=O) groups is 2. The van der Waals surface area contributed by atoms with E-state index in [0.717, 1.165) is 11.1 Å². The smallest absolute Gasteiger partial charge is 0.328 e. The van der Waals surface area contributed by atoms with Crippen LogP contribution in [0.15, 0.2) is 24.3 Å². The number of carboxylic acid groups (broad SMARTS) is 1. The molecule has 1 rings (SSSR count). The first kappa shape index (κ1) is 16.0. The number of methoxy groups -OCH3 is 1. The molecule has 1 atom stereocenters. The van der Waals surface area contributed by atoms with Crippen molar-refractivity contribution < 1.29 is 19.4 Å². The van der Waals surface area contributed by atoms with Gasteiger partial charge in [-0.25, -0.2) is 9.59 Å².